The van der Waals surface area contributed by atoms with Crippen LogP contribution in [-0.4, -0.2) is 58.8 Å². The maximum Gasteiger partial charge on any atom is 0.242 e. The number of likely N-dealkylation sites (N-methyl/N-ethyl adjacent to an activating group) is 1. The van der Waals surface area contributed by atoms with E-state index < -0.39 is 6.17 Å². The Morgan fingerprint density at radius 1 is 1.03 bits per heavy atom. The molecule has 3 aromatic rings. The normalized spacial score (nSPS) is 19.1. The molecule has 0 amide bonds. The zero-order chi connectivity index (χ0) is 24.6. The number of aryl methyl sites for hydroxylation is 1. The summed E-state index contributed by atoms with van der Waals surface area (Å²) in [6.45, 7) is 13.6. The first kappa shape index (κ1) is 23.5. The molecule has 1 saturated heterocycles. The number of hydrogen-bond donors (Lipinski definition) is 1. The molecule has 2 aromatic carbocycles. The van der Waals surface area contributed by atoms with E-state index in [9.17, 15) is 0 Å². The molecule has 35 heavy (non-hydrogen) atoms. The summed E-state index contributed by atoms with van der Waals surface area (Å²) in [5, 5.41) is 4.75. The van der Waals surface area contributed by atoms with Gasteiger partial charge in [0.2, 0.25) is 5.90 Å². The van der Waals surface area contributed by atoms with Crippen LogP contribution in [-0.2, 0) is 16.8 Å². The highest BCUT2D eigenvalue weighted by Crippen LogP contribution is 2.25. The molecule has 1 aromatic heterocycles. The fourth-order valence-corrected chi connectivity index (χ4v) is 4.43. The molecule has 0 bridgehead atoms. The SMILES string of the molecule is Cc1nc(C2N=C(c3ccc(C(C)(C)C)cc3)ON2)nn1Cc1cccc(N2CCN(C)CC2)c1. The molecular formula is C27H35N7O. The molecule has 8 heteroatoms. The van der Waals surface area contributed by atoms with Crippen molar-refractivity contribution in [3.05, 3.63) is 76.9 Å². The van der Waals surface area contributed by atoms with E-state index in [1.807, 2.05) is 23.7 Å². The van der Waals surface area contributed by atoms with Crippen molar-refractivity contribution in [2.75, 3.05) is 38.1 Å². The van der Waals surface area contributed by atoms with Crippen molar-refractivity contribution < 1.29 is 4.84 Å². The Hall–Kier alpha value is -3.23. The number of hydrogen-bond acceptors (Lipinski definition) is 7. The Morgan fingerprint density at radius 2 is 1.77 bits per heavy atom. The van der Waals surface area contributed by atoms with Crippen molar-refractivity contribution in [2.24, 2.45) is 4.99 Å². The minimum atomic E-state index is -0.427. The van der Waals surface area contributed by atoms with Crippen LogP contribution in [0.3, 0.4) is 0 Å². The van der Waals surface area contributed by atoms with Crippen molar-refractivity contribution in [3.8, 4) is 0 Å². The summed E-state index contributed by atoms with van der Waals surface area (Å²) in [6, 6.07) is 17.1. The Balaban J connectivity index is 1.29. The number of piperazine rings is 1. The van der Waals surface area contributed by atoms with Crippen molar-refractivity contribution in [1.82, 2.24) is 25.1 Å². The molecule has 0 radical (unpaired) electrons. The topological polar surface area (TPSA) is 70.8 Å². The molecule has 2 aliphatic rings. The van der Waals surface area contributed by atoms with E-state index in [4.69, 9.17) is 14.9 Å². The van der Waals surface area contributed by atoms with E-state index in [0.717, 1.165) is 37.6 Å². The van der Waals surface area contributed by atoms with Gasteiger partial charge in [-0.3, -0.25) is 0 Å². The summed E-state index contributed by atoms with van der Waals surface area (Å²) in [7, 11) is 2.18. The Kier molecular flexibility index (Phi) is 6.34. The van der Waals surface area contributed by atoms with Crippen molar-refractivity contribution in [1.29, 1.82) is 0 Å². The molecule has 1 atom stereocenters. The summed E-state index contributed by atoms with van der Waals surface area (Å²) in [6.07, 6.45) is -0.427. The predicted octanol–water partition coefficient (Wildman–Crippen LogP) is 3.66. The van der Waals surface area contributed by atoms with Crippen LogP contribution in [0.25, 0.3) is 0 Å². The van der Waals surface area contributed by atoms with Crippen LogP contribution in [0.1, 0.15) is 55.3 Å². The van der Waals surface area contributed by atoms with Crippen LogP contribution >= 0.6 is 0 Å². The highest BCUT2D eigenvalue weighted by atomic mass is 16.7. The van der Waals surface area contributed by atoms with Crippen LogP contribution in [0, 0.1) is 6.92 Å². The summed E-state index contributed by atoms with van der Waals surface area (Å²) >= 11 is 0. The minimum absolute atomic E-state index is 0.107. The van der Waals surface area contributed by atoms with E-state index in [1.165, 1.54) is 16.8 Å². The van der Waals surface area contributed by atoms with Gasteiger partial charge in [0.15, 0.2) is 12.0 Å². The summed E-state index contributed by atoms with van der Waals surface area (Å²) in [4.78, 5) is 19.9. The zero-order valence-electron chi connectivity index (χ0n) is 21.3. The molecule has 2 aliphatic heterocycles. The van der Waals surface area contributed by atoms with Crippen LogP contribution in [0.4, 0.5) is 5.69 Å². The number of rotatable bonds is 5. The van der Waals surface area contributed by atoms with Gasteiger partial charge < -0.3 is 14.6 Å². The van der Waals surface area contributed by atoms with Gasteiger partial charge in [-0.1, -0.05) is 45.0 Å². The molecule has 0 saturated carbocycles. The second kappa shape index (κ2) is 9.43. The quantitative estimate of drug-likeness (QED) is 0.610. The average molecular weight is 474 g/mol. The lowest BCUT2D eigenvalue weighted by Crippen LogP contribution is -2.44. The number of aromatic nitrogens is 3. The lowest BCUT2D eigenvalue weighted by molar-refractivity contribution is 0.177. The maximum atomic E-state index is 5.69. The molecular weight excluding hydrogens is 438 g/mol. The van der Waals surface area contributed by atoms with E-state index in [2.05, 4.69) is 84.5 Å². The molecule has 5 rings (SSSR count). The molecule has 184 valence electrons. The first-order chi connectivity index (χ1) is 16.8. The third-order valence-electron chi connectivity index (χ3n) is 6.74. The second-order valence-corrected chi connectivity index (χ2v) is 10.5. The van der Waals surface area contributed by atoms with Crippen molar-refractivity contribution >= 4 is 11.6 Å². The largest absolute Gasteiger partial charge is 0.385 e. The van der Waals surface area contributed by atoms with Crippen LogP contribution < -0.4 is 10.4 Å². The highest BCUT2D eigenvalue weighted by Gasteiger charge is 2.26. The smallest absolute Gasteiger partial charge is 0.242 e. The molecule has 3 heterocycles. The van der Waals surface area contributed by atoms with Crippen molar-refractivity contribution in [3.63, 3.8) is 0 Å². The van der Waals surface area contributed by atoms with E-state index >= 15 is 0 Å². The second-order valence-electron chi connectivity index (χ2n) is 10.5. The number of aliphatic imine (C=N–C) groups is 1. The fraction of sp³-hybridized carbons (Fsp3) is 0.444. The van der Waals surface area contributed by atoms with Crippen LogP contribution in [0.2, 0.25) is 0 Å². The van der Waals surface area contributed by atoms with Gasteiger partial charge in [-0.25, -0.2) is 14.7 Å². The van der Waals surface area contributed by atoms with Gasteiger partial charge in [-0.2, -0.15) is 5.10 Å². The zero-order valence-corrected chi connectivity index (χ0v) is 21.3. The minimum Gasteiger partial charge on any atom is -0.385 e. The molecule has 1 fully saturated rings. The van der Waals surface area contributed by atoms with Crippen molar-refractivity contribution in [2.45, 2.75) is 45.8 Å². The molecule has 1 unspecified atom stereocenters. The molecule has 0 spiro atoms. The van der Waals surface area contributed by atoms with Gasteiger partial charge >= 0.3 is 0 Å². The first-order valence-corrected chi connectivity index (χ1v) is 12.3. The number of nitrogens with zero attached hydrogens (tertiary/aromatic N) is 6. The monoisotopic (exact) mass is 473 g/mol. The lowest BCUT2D eigenvalue weighted by atomic mass is 9.87. The van der Waals surface area contributed by atoms with Crippen LogP contribution in [0.5, 0.6) is 0 Å². The number of anilines is 1. The van der Waals surface area contributed by atoms with Crippen LogP contribution in [0.15, 0.2) is 53.5 Å². The maximum absolute atomic E-state index is 5.69. The Labute approximate surface area is 207 Å². The number of hydroxylamine groups is 1. The standard InChI is InChI=1S/C27H35N7O/c1-19-28-24(25-29-26(35-31-25)21-9-11-22(12-10-21)27(2,3)4)30-34(19)18-20-7-6-8-23(17-20)33-15-13-32(5)14-16-33/h6-12,17,25,31H,13-16,18H2,1-5H3. The molecule has 1 N–H and O–H groups in total. The van der Waals surface area contributed by atoms with Gasteiger partial charge in [0.05, 0.1) is 6.54 Å². The summed E-state index contributed by atoms with van der Waals surface area (Å²) in [5.74, 6) is 2.02. The number of benzene rings is 2. The molecule has 8 nitrogen and oxygen atoms in total. The molecule has 0 aliphatic carbocycles. The Morgan fingerprint density at radius 3 is 2.49 bits per heavy atom. The number of nitrogens with one attached hydrogen (secondary N) is 1. The summed E-state index contributed by atoms with van der Waals surface area (Å²) in [5.41, 5.74) is 7.77. The van der Waals surface area contributed by atoms with Gasteiger partial charge in [0.25, 0.3) is 0 Å². The van der Waals surface area contributed by atoms with Gasteiger partial charge in [0.1, 0.15) is 5.82 Å². The van der Waals surface area contributed by atoms with Gasteiger partial charge in [-0.15, -0.1) is 5.48 Å². The highest BCUT2D eigenvalue weighted by molar-refractivity contribution is 5.94. The fourth-order valence-electron chi connectivity index (χ4n) is 4.43. The van der Waals surface area contributed by atoms with Gasteiger partial charge in [0, 0.05) is 37.4 Å². The predicted molar refractivity (Wildman–Crippen MR) is 139 cm³/mol. The Bertz CT molecular complexity index is 1200. The average Bonchev–Trinajstić information content (AvgIpc) is 3.47. The van der Waals surface area contributed by atoms with Gasteiger partial charge in [-0.05, 0) is 54.8 Å². The third-order valence-corrected chi connectivity index (χ3v) is 6.74. The van der Waals surface area contributed by atoms with E-state index in [1.54, 1.807) is 0 Å². The lowest BCUT2D eigenvalue weighted by Gasteiger charge is -2.34. The summed E-state index contributed by atoms with van der Waals surface area (Å²) < 4.78 is 1.94. The third kappa shape index (κ3) is 5.23. The van der Waals surface area contributed by atoms with E-state index in [0.29, 0.717) is 18.3 Å². The van der Waals surface area contributed by atoms with E-state index in [-0.39, 0.29) is 5.41 Å². The first-order valence-electron chi connectivity index (χ1n) is 12.3.